The van der Waals surface area contributed by atoms with Gasteiger partial charge in [-0.3, -0.25) is 4.90 Å². The molecule has 0 spiro atoms. The Morgan fingerprint density at radius 3 is 2.68 bits per heavy atom. The van der Waals surface area contributed by atoms with Crippen LogP contribution in [0, 0.1) is 0 Å². The lowest BCUT2D eigenvalue weighted by molar-refractivity contribution is 0.0578. The molecule has 0 radical (unpaired) electrons. The van der Waals surface area contributed by atoms with Gasteiger partial charge in [0.15, 0.2) is 0 Å². The van der Waals surface area contributed by atoms with Crippen molar-refractivity contribution in [1.29, 1.82) is 0 Å². The number of benzene rings is 2. The van der Waals surface area contributed by atoms with Crippen molar-refractivity contribution in [1.82, 2.24) is 0 Å². The van der Waals surface area contributed by atoms with E-state index in [1.165, 1.54) is 0 Å². The molecule has 4 heteroatoms. The van der Waals surface area contributed by atoms with E-state index in [0.717, 1.165) is 28.4 Å². The Hall–Kier alpha value is -1.74. The van der Waals surface area contributed by atoms with Crippen LogP contribution in [0.1, 0.15) is 26.3 Å². The summed E-state index contributed by atoms with van der Waals surface area (Å²) in [6, 6.07) is 12.2. The van der Waals surface area contributed by atoms with Gasteiger partial charge in [-0.25, -0.2) is 4.79 Å². The predicted molar refractivity (Wildman–Crippen MR) is 90.9 cm³/mol. The highest BCUT2D eigenvalue weighted by atomic mass is 35.5. The van der Waals surface area contributed by atoms with Crippen molar-refractivity contribution >= 4 is 34.2 Å². The van der Waals surface area contributed by atoms with Crippen molar-refractivity contribution in [3.05, 3.63) is 42.0 Å². The van der Waals surface area contributed by atoms with Gasteiger partial charge in [-0.15, -0.1) is 11.6 Å². The van der Waals surface area contributed by atoms with Gasteiger partial charge < -0.3 is 4.74 Å². The number of nitrogens with zero attached hydrogens (tertiary/aromatic N) is 1. The highest BCUT2D eigenvalue weighted by Crippen LogP contribution is 2.35. The lowest BCUT2D eigenvalue weighted by Crippen LogP contribution is -2.43. The van der Waals surface area contributed by atoms with Crippen molar-refractivity contribution in [2.45, 2.75) is 38.2 Å². The predicted octanol–water partition coefficient (Wildman–Crippen LogP) is 4.74. The summed E-state index contributed by atoms with van der Waals surface area (Å²) in [6.07, 6.45) is 0.423. The molecule has 0 N–H and O–H groups in total. The molecule has 0 aliphatic carbocycles. The quantitative estimate of drug-likeness (QED) is 0.656. The highest BCUT2D eigenvalue weighted by molar-refractivity contribution is 6.22. The van der Waals surface area contributed by atoms with Gasteiger partial charge in [0, 0.05) is 6.54 Å². The van der Waals surface area contributed by atoms with Gasteiger partial charge in [-0.2, -0.15) is 0 Å². The first-order chi connectivity index (χ1) is 10.3. The second kappa shape index (κ2) is 5.47. The first-order valence-corrected chi connectivity index (χ1v) is 7.94. The van der Waals surface area contributed by atoms with Gasteiger partial charge >= 0.3 is 6.09 Å². The molecule has 2 aromatic carbocycles. The molecule has 3 nitrogen and oxygen atoms in total. The van der Waals surface area contributed by atoms with Crippen LogP contribution in [0.4, 0.5) is 10.5 Å². The van der Waals surface area contributed by atoms with Gasteiger partial charge in [0.2, 0.25) is 0 Å². The number of alkyl halides is 1. The zero-order valence-electron chi connectivity index (χ0n) is 13.1. The van der Waals surface area contributed by atoms with E-state index in [2.05, 4.69) is 12.1 Å². The molecule has 1 heterocycles. The van der Waals surface area contributed by atoms with Crippen molar-refractivity contribution in [3.8, 4) is 0 Å². The number of carbonyl (C=O) groups is 1. The molecule has 1 amide bonds. The standard InChI is InChI=1S/C18H20ClNO2/c1-18(2,3)22-17(21)20-11-13(19)10-15-14-7-5-4-6-12(14)8-9-16(15)20/h4-9,13H,10-11H2,1-3H3. The zero-order chi connectivity index (χ0) is 15.9. The minimum atomic E-state index is -0.520. The second-order valence-electron chi connectivity index (χ2n) is 6.68. The summed E-state index contributed by atoms with van der Waals surface area (Å²) in [4.78, 5) is 14.2. The number of hydrogen-bond acceptors (Lipinski definition) is 2. The van der Waals surface area contributed by atoms with Gasteiger partial charge in [0.05, 0.1) is 11.1 Å². The summed E-state index contributed by atoms with van der Waals surface area (Å²) in [5, 5.41) is 2.21. The zero-order valence-corrected chi connectivity index (χ0v) is 13.9. The molecule has 1 aliphatic heterocycles. The van der Waals surface area contributed by atoms with E-state index in [1.807, 2.05) is 45.0 Å². The van der Waals surface area contributed by atoms with Crippen molar-refractivity contribution in [2.24, 2.45) is 0 Å². The largest absolute Gasteiger partial charge is 0.443 e. The summed E-state index contributed by atoms with van der Waals surface area (Å²) >= 11 is 6.41. The van der Waals surface area contributed by atoms with E-state index in [0.29, 0.717) is 6.54 Å². The van der Waals surface area contributed by atoms with Crippen LogP contribution in [-0.4, -0.2) is 23.6 Å². The van der Waals surface area contributed by atoms with E-state index in [-0.39, 0.29) is 11.5 Å². The van der Waals surface area contributed by atoms with Crippen LogP contribution >= 0.6 is 11.6 Å². The summed E-state index contributed by atoms with van der Waals surface area (Å²) in [5.74, 6) is 0. The number of amides is 1. The molecule has 2 aromatic rings. The van der Waals surface area contributed by atoms with Gasteiger partial charge in [-0.1, -0.05) is 30.3 Å². The fourth-order valence-corrected chi connectivity index (χ4v) is 3.16. The van der Waals surface area contributed by atoms with Crippen molar-refractivity contribution < 1.29 is 9.53 Å². The van der Waals surface area contributed by atoms with Gasteiger partial charge in [-0.05, 0) is 49.6 Å². The molecule has 1 unspecified atom stereocenters. The fraction of sp³-hybridized carbons (Fsp3) is 0.389. The van der Waals surface area contributed by atoms with Crippen LogP contribution in [0.3, 0.4) is 0 Å². The molecular weight excluding hydrogens is 298 g/mol. The number of ether oxygens (including phenoxy) is 1. The molecule has 0 saturated carbocycles. The maximum absolute atomic E-state index is 12.5. The van der Waals surface area contributed by atoms with Crippen LogP contribution < -0.4 is 4.90 Å². The number of rotatable bonds is 0. The molecule has 0 bridgehead atoms. The third kappa shape index (κ3) is 2.91. The maximum atomic E-state index is 12.5. The third-order valence-electron chi connectivity index (χ3n) is 3.73. The van der Waals surface area contributed by atoms with Gasteiger partial charge in [0.1, 0.15) is 5.60 Å². The van der Waals surface area contributed by atoms with E-state index in [4.69, 9.17) is 16.3 Å². The summed E-state index contributed by atoms with van der Waals surface area (Å²) in [5.41, 5.74) is 1.51. The third-order valence-corrected chi connectivity index (χ3v) is 4.02. The first kappa shape index (κ1) is 15.2. The van der Waals surface area contributed by atoms with Crippen LogP contribution in [-0.2, 0) is 11.2 Å². The lowest BCUT2D eigenvalue weighted by atomic mass is 9.95. The highest BCUT2D eigenvalue weighted by Gasteiger charge is 2.31. The van der Waals surface area contributed by atoms with Crippen LogP contribution in [0.25, 0.3) is 10.8 Å². The molecule has 1 aliphatic rings. The molecule has 0 saturated heterocycles. The summed E-state index contributed by atoms with van der Waals surface area (Å²) in [7, 11) is 0. The minimum Gasteiger partial charge on any atom is -0.443 e. The first-order valence-electron chi connectivity index (χ1n) is 7.50. The normalized spacial score (nSPS) is 18.2. The number of carbonyl (C=O) groups excluding carboxylic acids is 1. The SMILES string of the molecule is CC(C)(C)OC(=O)N1CC(Cl)Cc2c1ccc1ccccc21. The minimum absolute atomic E-state index is 0.106. The molecule has 0 aromatic heterocycles. The van der Waals surface area contributed by atoms with Gasteiger partial charge in [0.25, 0.3) is 0 Å². The molecule has 1 atom stereocenters. The van der Waals surface area contributed by atoms with Crippen LogP contribution in [0.15, 0.2) is 36.4 Å². The molecule has 3 rings (SSSR count). The molecule has 22 heavy (non-hydrogen) atoms. The monoisotopic (exact) mass is 317 g/mol. The number of halogens is 1. The van der Waals surface area contributed by atoms with E-state index >= 15 is 0 Å². The van der Waals surface area contributed by atoms with E-state index < -0.39 is 5.60 Å². The second-order valence-corrected chi connectivity index (χ2v) is 7.29. The Labute approximate surface area is 135 Å². The fourth-order valence-electron chi connectivity index (χ4n) is 2.86. The molecule has 0 fully saturated rings. The number of anilines is 1. The Bertz CT molecular complexity index is 721. The van der Waals surface area contributed by atoms with E-state index in [9.17, 15) is 4.79 Å². The van der Waals surface area contributed by atoms with Crippen LogP contribution in [0.5, 0.6) is 0 Å². The smallest absolute Gasteiger partial charge is 0.414 e. The Morgan fingerprint density at radius 1 is 1.23 bits per heavy atom. The number of hydrogen-bond donors (Lipinski definition) is 0. The Morgan fingerprint density at radius 2 is 1.95 bits per heavy atom. The van der Waals surface area contributed by atoms with Crippen molar-refractivity contribution in [3.63, 3.8) is 0 Å². The summed E-state index contributed by atoms with van der Waals surface area (Å²) in [6.45, 7) is 6.08. The topological polar surface area (TPSA) is 29.5 Å². The number of fused-ring (bicyclic) bond motifs is 3. The molecular formula is C18H20ClNO2. The van der Waals surface area contributed by atoms with Crippen LogP contribution in [0.2, 0.25) is 0 Å². The lowest BCUT2D eigenvalue weighted by Gasteiger charge is -2.34. The Kier molecular flexibility index (Phi) is 3.77. The average molecular weight is 318 g/mol. The maximum Gasteiger partial charge on any atom is 0.414 e. The molecule has 116 valence electrons. The summed E-state index contributed by atoms with van der Waals surface area (Å²) < 4.78 is 5.52. The van der Waals surface area contributed by atoms with Crippen molar-refractivity contribution in [2.75, 3.05) is 11.4 Å². The average Bonchev–Trinajstić information content (AvgIpc) is 2.44. The Balaban J connectivity index is 2.06. The van der Waals surface area contributed by atoms with E-state index in [1.54, 1.807) is 4.90 Å².